The average Bonchev–Trinajstić information content (AvgIpc) is 2.97. The van der Waals surface area contributed by atoms with E-state index >= 15 is 0 Å². The van der Waals surface area contributed by atoms with Gasteiger partial charge in [0.1, 0.15) is 5.78 Å². The molecule has 1 unspecified atom stereocenters. The van der Waals surface area contributed by atoms with E-state index in [0.29, 0.717) is 23.5 Å². The Morgan fingerprint density at radius 2 is 1.87 bits per heavy atom. The summed E-state index contributed by atoms with van der Waals surface area (Å²) in [7, 11) is 0. The minimum atomic E-state index is 0.301. The van der Waals surface area contributed by atoms with E-state index in [1.54, 1.807) is 6.92 Å². The summed E-state index contributed by atoms with van der Waals surface area (Å²) in [6.45, 7) is 6.10. The van der Waals surface area contributed by atoms with Gasteiger partial charge in [0.15, 0.2) is 0 Å². The Morgan fingerprint density at radius 1 is 1.27 bits per heavy atom. The normalized spacial score (nSPS) is 24.3. The zero-order valence-electron chi connectivity index (χ0n) is 9.66. The molecule has 2 atom stereocenters. The summed E-state index contributed by atoms with van der Waals surface area (Å²) in [6.07, 6.45) is 1.05. The molecule has 0 saturated heterocycles. The van der Waals surface area contributed by atoms with E-state index < -0.39 is 0 Å². The highest BCUT2D eigenvalue weighted by Crippen LogP contribution is 2.47. The molecule has 0 amide bonds. The molecule has 1 aliphatic rings. The molecule has 1 aliphatic carbocycles. The quantitative estimate of drug-likeness (QED) is 0.733. The van der Waals surface area contributed by atoms with Crippen LogP contribution in [0.1, 0.15) is 50.2 Å². The molecule has 1 heteroatoms. The van der Waals surface area contributed by atoms with E-state index in [9.17, 15) is 4.79 Å². The lowest BCUT2D eigenvalue weighted by Crippen LogP contribution is -1.95. The van der Waals surface area contributed by atoms with Gasteiger partial charge in [-0.1, -0.05) is 38.1 Å². The van der Waals surface area contributed by atoms with Crippen LogP contribution in [0.25, 0.3) is 0 Å². The van der Waals surface area contributed by atoms with E-state index in [-0.39, 0.29) is 0 Å². The summed E-state index contributed by atoms with van der Waals surface area (Å²) >= 11 is 0. The number of carbonyl (C=O) groups excluding carboxylic acids is 1. The number of ketones is 1. The van der Waals surface area contributed by atoms with Crippen LogP contribution < -0.4 is 0 Å². The van der Waals surface area contributed by atoms with Crippen molar-refractivity contribution in [3.05, 3.63) is 35.4 Å². The zero-order valence-corrected chi connectivity index (χ0v) is 9.66. The van der Waals surface area contributed by atoms with Crippen molar-refractivity contribution in [2.75, 3.05) is 0 Å². The van der Waals surface area contributed by atoms with Crippen molar-refractivity contribution < 1.29 is 4.79 Å². The summed E-state index contributed by atoms with van der Waals surface area (Å²) in [6, 6.07) is 8.75. The minimum Gasteiger partial charge on any atom is -0.300 e. The standard InChI is InChI=1S/C14H18O/c1-9(2)11-4-6-12(7-5-11)14-8-13(14)10(3)15/h4-7,9,13-14H,8H2,1-3H3/t13-,14?/m1/s1. The van der Waals surface area contributed by atoms with Gasteiger partial charge < -0.3 is 0 Å². The smallest absolute Gasteiger partial charge is 0.133 e. The van der Waals surface area contributed by atoms with Gasteiger partial charge in [-0.05, 0) is 36.3 Å². The fourth-order valence-corrected chi connectivity index (χ4v) is 2.14. The molecular formula is C14H18O. The summed E-state index contributed by atoms with van der Waals surface area (Å²) < 4.78 is 0. The molecular weight excluding hydrogens is 184 g/mol. The van der Waals surface area contributed by atoms with Crippen LogP contribution in [-0.2, 0) is 4.79 Å². The molecule has 1 nitrogen and oxygen atoms in total. The largest absolute Gasteiger partial charge is 0.300 e. The molecule has 0 bridgehead atoms. The molecule has 2 rings (SSSR count). The Hall–Kier alpha value is -1.11. The molecule has 1 fully saturated rings. The lowest BCUT2D eigenvalue weighted by Gasteiger charge is -2.06. The third-order valence-electron chi connectivity index (χ3n) is 3.34. The molecule has 15 heavy (non-hydrogen) atoms. The van der Waals surface area contributed by atoms with Crippen LogP contribution in [0, 0.1) is 5.92 Å². The second-order valence-electron chi connectivity index (χ2n) is 4.88. The summed E-state index contributed by atoms with van der Waals surface area (Å²) in [5.74, 6) is 1.73. The molecule has 0 N–H and O–H groups in total. The Bertz CT molecular complexity index is 361. The van der Waals surface area contributed by atoms with E-state index in [4.69, 9.17) is 0 Å². The highest BCUT2D eigenvalue weighted by molar-refractivity contribution is 5.82. The van der Waals surface area contributed by atoms with Gasteiger partial charge >= 0.3 is 0 Å². The maximum absolute atomic E-state index is 11.2. The first-order valence-electron chi connectivity index (χ1n) is 5.70. The fraction of sp³-hybridized carbons (Fsp3) is 0.500. The first kappa shape index (κ1) is 10.4. The maximum Gasteiger partial charge on any atom is 0.133 e. The second-order valence-corrected chi connectivity index (χ2v) is 4.88. The summed E-state index contributed by atoms with van der Waals surface area (Å²) in [5, 5.41) is 0. The molecule has 0 aromatic heterocycles. The highest BCUT2D eigenvalue weighted by Gasteiger charge is 2.41. The number of carbonyl (C=O) groups is 1. The number of hydrogen-bond donors (Lipinski definition) is 0. The van der Waals surface area contributed by atoms with Gasteiger partial charge in [0.2, 0.25) is 0 Å². The third kappa shape index (κ3) is 2.11. The lowest BCUT2D eigenvalue weighted by atomic mass is 9.99. The molecule has 0 spiro atoms. The molecule has 0 aliphatic heterocycles. The van der Waals surface area contributed by atoms with Crippen LogP contribution in [0.2, 0.25) is 0 Å². The van der Waals surface area contributed by atoms with Crippen LogP contribution in [-0.4, -0.2) is 5.78 Å². The van der Waals surface area contributed by atoms with Crippen LogP contribution in [0.5, 0.6) is 0 Å². The van der Waals surface area contributed by atoms with Gasteiger partial charge in [-0.25, -0.2) is 0 Å². The van der Waals surface area contributed by atoms with Gasteiger partial charge in [-0.15, -0.1) is 0 Å². The van der Waals surface area contributed by atoms with Gasteiger partial charge in [0, 0.05) is 5.92 Å². The lowest BCUT2D eigenvalue weighted by molar-refractivity contribution is -0.118. The van der Waals surface area contributed by atoms with E-state index in [1.807, 2.05) is 0 Å². The monoisotopic (exact) mass is 202 g/mol. The van der Waals surface area contributed by atoms with Crippen LogP contribution in [0.15, 0.2) is 24.3 Å². The van der Waals surface area contributed by atoms with Crippen molar-refractivity contribution in [1.29, 1.82) is 0 Å². The van der Waals surface area contributed by atoms with Crippen LogP contribution >= 0.6 is 0 Å². The number of hydrogen-bond acceptors (Lipinski definition) is 1. The topological polar surface area (TPSA) is 17.1 Å². The predicted octanol–water partition coefficient (Wildman–Crippen LogP) is 3.50. The van der Waals surface area contributed by atoms with Crippen molar-refractivity contribution in [3.8, 4) is 0 Å². The second kappa shape index (κ2) is 3.80. The van der Waals surface area contributed by atoms with Crippen molar-refractivity contribution in [1.82, 2.24) is 0 Å². The predicted molar refractivity (Wildman–Crippen MR) is 62.1 cm³/mol. The first-order chi connectivity index (χ1) is 7.09. The Kier molecular flexibility index (Phi) is 2.64. The van der Waals surface area contributed by atoms with Gasteiger partial charge in [-0.2, -0.15) is 0 Å². The Balaban J connectivity index is 2.09. The van der Waals surface area contributed by atoms with Gasteiger partial charge in [0.05, 0.1) is 0 Å². The molecule has 0 radical (unpaired) electrons. The number of rotatable bonds is 3. The van der Waals surface area contributed by atoms with Crippen molar-refractivity contribution in [2.24, 2.45) is 5.92 Å². The van der Waals surface area contributed by atoms with Crippen LogP contribution in [0.4, 0.5) is 0 Å². The fourth-order valence-electron chi connectivity index (χ4n) is 2.14. The minimum absolute atomic E-state index is 0.301. The summed E-state index contributed by atoms with van der Waals surface area (Å²) in [5.41, 5.74) is 2.71. The number of Topliss-reactive ketones (excluding diaryl/α,β-unsaturated/α-hetero) is 1. The number of benzene rings is 1. The van der Waals surface area contributed by atoms with E-state index in [1.165, 1.54) is 11.1 Å². The van der Waals surface area contributed by atoms with Crippen LogP contribution in [0.3, 0.4) is 0 Å². The van der Waals surface area contributed by atoms with Crippen molar-refractivity contribution in [3.63, 3.8) is 0 Å². The van der Waals surface area contributed by atoms with Gasteiger partial charge in [-0.3, -0.25) is 4.79 Å². The highest BCUT2D eigenvalue weighted by atomic mass is 16.1. The summed E-state index contributed by atoms with van der Waals surface area (Å²) in [4.78, 5) is 11.2. The zero-order chi connectivity index (χ0) is 11.0. The first-order valence-corrected chi connectivity index (χ1v) is 5.70. The van der Waals surface area contributed by atoms with Gasteiger partial charge in [0.25, 0.3) is 0 Å². The molecule has 1 aromatic rings. The molecule has 80 valence electrons. The molecule has 1 saturated carbocycles. The maximum atomic E-state index is 11.2. The average molecular weight is 202 g/mol. The van der Waals surface area contributed by atoms with E-state index in [2.05, 4.69) is 38.1 Å². The molecule has 1 aromatic carbocycles. The van der Waals surface area contributed by atoms with E-state index in [0.717, 1.165) is 6.42 Å². The Labute approximate surface area is 91.5 Å². The Morgan fingerprint density at radius 3 is 2.27 bits per heavy atom. The SMILES string of the molecule is CC(=O)[C@H]1CC1c1ccc(C(C)C)cc1. The molecule has 0 heterocycles. The van der Waals surface area contributed by atoms with Crippen molar-refractivity contribution in [2.45, 2.75) is 39.0 Å². The van der Waals surface area contributed by atoms with Crippen molar-refractivity contribution >= 4 is 5.78 Å². The third-order valence-corrected chi connectivity index (χ3v) is 3.34.